The number of sulfonamides is 1. The van der Waals surface area contributed by atoms with Crippen molar-refractivity contribution in [3.8, 4) is 0 Å². The molecule has 0 aromatic carbocycles. The van der Waals surface area contributed by atoms with Crippen LogP contribution < -0.4 is 4.72 Å². The van der Waals surface area contributed by atoms with E-state index in [1.54, 1.807) is 0 Å². The second-order valence-corrected chi connectivity index (χ2v) is 4.54. The Morgan fingerprint density at radius 1 is 1.64 bits per heavy atom. The summed E-state index contributed by atoms with van der Waals surface area (Å²) < 4.78 is 24.9. The number of nitrogens with zero attached hydrogens (tertiary/aromatic N) is 2. The van der Waals surface area contributed by atoms with Crippen molar-refractivity contribution in [2.24, 2.45) is 0 Å². The molecule has 14 heavy (non-hydrogen) atoms. The van der Waals surface area contributed by atoms with E-state index in [0.717, 1.165) is 6.26 Å². The number of amides is 1. The van der Waals surface area contributed by atoms with Crippen LogP contribution in [-0.2, 0) is 16.6 Å². The van der Waals surface area contributed by atoms with E-state index in [1.807, 2.05) is 11.6 Å². The summed E-state index contributed by atoms with van der Waals surface area (Å²) in [5.41, 5.74) is 0.234. The lowest BCUT2D eigenvalue weighted by molar-refractivity contribution is 0.0981. The summed E-state index contributed by atoms with van der Waals surface area (Å²) in [6.07, 6.45) is 3.74. The van der Waals surface area contributed by atoms with Gasteiger partial charge in [0, 0.05) is 12.7 Å². The van der Waals surface area contributed by atoms with E-state index in [2.05, 4.69) is 5.10 Å². The molecule has 7 heteroatoms. The van der Waals surface area contributed by atoms with E-state index in [9.17, 15) is 13.2 Å². The SMILES string of the molecule is CCn1cc(C(=O)NS(C)(=O)=O)cn1. The first-order chi connectivity index (χ1) is 6.42. The van der Waals surface area contributed by atoms with Gasteiger partial charge in [-0.05, 0) is 6.92 Å². The Morgan fingerprint density at radius 3 is 2.71 bits per heavy atom. The van der Waals surface area contributed by atoms with E-state index >= 15 is 0 Å². The molecule has 0 fully saturated rings. The molecule has 0 aliphatic rings. The minimum Gasteiger partial charge on any atom is -0.272 e. The van der Waals surface area contributed by atoms with Crippen molar-refractivity contribution < 1.29 is 13.2 Å². The second-order valence-electron chi connectivity index (χ2n) is 2.79. The van der Waals surface area contributed by atoms with Gasteiger partial charge in [-0.3, -0.25) is 9.48 Å². The molecule has 0 aliphatic carbocycles. The Morgan fingerprint density at radius 2 is 2.29 bits per heavy atom. The number of aryl methyl sites for hydroxylation is 1. The first-order valence-electron chi connectivity index (χ1n) is 3.97. The van der Waals surface area contributed by atoms with Gasteiger partial charge in [-0.2, -0.15) is 5.10 Å². The zero-order valence-electron chi connectivity index (χ0n) is 7.89. The number of carbonyl (C=O) groups is 1. The summed E-state index contributed by atoms with van der Waals surface area (Å²) in [4.78, 5) is 11.2. The van der Waals surface area contributed by atoms with E-state index in [4.69, 9.17) is 0 Å². The van der Waals surface area contributed by atoms with Crippen LogP contribution in [0.2, 0.25) is 0 Å². The molecule has 0 unspecified atom stereocenters. The van der Waals surface area contributed by atoms with E-state index < -0.39 is 15.9 Å². The maximum absolute atomic E-state index is 11.2. The molecule has 0 aliphatic heterocycles. The monoisotopic (exact) mass is 217 g/mol. The van der Waals surface area contributed by atoms with Gasteiger partial charge in [0.1, 0.15) is 0 Å². The molecular weight excluding hydrogens is 206 g/mol. The topological polar surface area (TPSA) is 81.1 Å². The summed E-state index contributed by atoms with van der Waals surface area (Å²) in [6, 6.07) is 0. The van der Waals surface area contributed by atoms with Crippen LogP contribution in [0.5, 0.6) is 0 Å². The number of aromatic nitrogens is 2. The van der Waals surface area contributed by atoms with E-state index in [1.165, 1.54) is 17.1 Å². The summed E-state index contributed by atoms with van der Waals surface area (Å²) >= 11 is 0. The summed E-state index contributed by atoms with van der Waals surface area (Å²) in [5, 5.41) is 3.85. The van der Waals surface area contributed by atoms with Gasteiger partial charge in [0.25, 0.3) is 5.91 Å². The molecule has 0 atom stereocenters. The number of hydrogen-bond donors (Lipinski definition) is 1. The Balaban J connectivity index is 2.80. The molecule has 1 rings (SSSR count). The van der Waals surface area contributed by atoms with Crippen molar-refractivity contribution in [3.05, 3.63) is 18.0 Å². The minimum absolute atomic E-state index is 0.234. The molecular formula is C7H11N3O3S. The number of hydrogen-bond acceptors (Lipinski definition) is 4. The third-order valence-electron chi connectivity index (χ3n) is 1.50. The number of rotatable bonds is 3. The van der Waals surface area contributed by atoms with Crippen LogP contribution >= 0.6 is 0 Å². The highest BCUT2D eigenvalue weighted by Crippen LogP contribution is 1.97. The van der Waals surface area contributed by atoms with Crippen LogP contribution in [-0.4, -0.2) is 30.4 Å². The van der Waals surface area contributed by atoms with Gasteiger partial charge in [-0.15, -0.1) is 0 Å². The van der Waals surface area contributed by atoms with Crippen LogP contribution in [0.25, 0.3) is 0 Å². The molecule has 1 aromatic heterocycles. The second kappa shape index (κ2) is 3.79. The fourth-order valence-corrected chi connectivity index (χ4v) is 1.34. The molecule has 78 valence electrons. The summed E-state index contributed by atoms with van der Waals surface area (Å²) in [6.45, 7) is 2.50. The van der Waals surface area contributed by atoms with Gasteiger partial charge in [-0.25, -0.2) is 13.1 Å². The van der Waals surface area contributed by atoms with Crippen LogP contribution in [0.1, 0.15) is 17.3 Å². The van der Waals surface area contributed by atoms with Gasteiger partial charge in [0.05, 0.1) is 18.0 Å². The smallest absolute Gasteiger partial charge is 0.267 e. The van der Waals surface area contributed by atoms with Crippen LogP contribution in [0.15, 0.2) is 12.4 Å². The lowest BCUT2D eigenvalue weighted by Gasteiger charge is -1.98. The Kier molecular flexibility index (Phi) is 2.90. The highest BCUT2D eigenvalue weighted by atomic mass is 32.2. The Labute approximate surface area is 82.0 Å². The average molecular weight is 217 g/mol. The summed E-state index contributed by atoms with van der Waals surface area (Å²) in [5.74, 6) is -0.660. The van der Waals surface area contributed by atoms with Crippen molar-refractivity contribution in [2.45, 2.75) is 13.5 Å². The lowest BCUT2D eigenvalue weighted by atomic mass is 10.3. The molecule has 1 N–H and O–H groups in total. The van der Waals surface area contributed by atoms with Crippen molar-refractivity contribution >= 4 is 15.9 Å². The minimum atomic E-state index is -3.51. The van der Waals surface area contributed by atoms with Crippen molar-refractivity contribution in [3.63, 3.8) is 0 Å². The van der Waals surface area contributed by atoms with E-state index in [-0.39, 0.29) is 5.56 Å². The normalized spacial score (nSPS) is 11.3. The fraction of sp³-hybridized carbons (Fsp3) is 0.429. The van der Waals surface area contributed by atoms with E-state index in [0.29, 0.717) is 6.54 Å². The molecule has 0 spiro atoms. The quantitative estimate of drug-likeness (QED) is 0.746. The third-order valence-corrected chi connectivity index (χ3v) is 2.05. The lowest BCUT2D eigenvalue weighted by Crippen LogP contribution is -2.29. The fourth-order valence-electron chi connectivity index (χ4n) is 0.881. The molecule has 0 saturated heterocycles. The molecule has 6 nitrogen and oxygen atoms in total. The predicted molar refractivity (Wildman–Crippen MR) is 50.2 cm³/mol. The van der Waals surface area contributed by atoms with Crippen LogP contribution in [0.3, 0.4) is 0 Å². The molecule has 0 bridgehead atoms. The first kappa shape index (κ1) is 10.7. The maximum atomic E-state index is 11.2. The third kappa shape index (κ3) is 2.84. The van der Waals surface area contributed by atoms with Crippen molar-refractivity contribution in [1.29, 1.82) is 0 Å². The van der Waals surface area contributed by atoms with Gasteiger partial charge >= 0.3 is 0 Å². The molecule has 1 amide bonds. The van der Waals surface area contributed by atoms with Crippen molar-refractivity contribution in [2.75, 3.05) is 6.26 Å². The average Bonchev–Trinajstić information content (AvgIpc) is 2.48. The van der Waals surface area contributed by atoms with Gasteiger partial charge < -0.3 is 0 Å². The van der Waals surface area contributed by atoms with Gasteiger partial charge in [-0.1, -0.05) is 0 Å². The van der Waals surface area contributed by atoms with Gasteiger partial charge in [0.15, 0.2) is 0 Å². The predicted octanol–water partition coefficient (Wildman–Crippen LogP) is -0.408. The summed E-state index contributed by atoms with van der Waals surface area (Å²) in [7, 11) is -3.51. The maximum Gasteiger partial charge on any atom is 0.267 e. The zero-order chi connectivity index (χ0) is 10.8. The first-order valence-corrected chi connectivity index (χ1v) is 5.86. The molecule has 0 radical (unpaired) electrons. The molecule has 1 aromatic rings. The standard InChI is InChI=1S/C7H11N3O3S/c1-3-10-5-6(4-8-10)7(11)9-14(2,12)13/h4-5H,3H2,1-2H3,(H,9,11). The number of carbonyl (C=O) groups excluding carboxylic acids is 1. The van der Waals surface area contributed by atoms with Gasteiger partial charge in [0.2, 0.25) is 10.0 Å². The van der Waals surface area contributed by atoms with Crippen LogP contribution in [0.4, 0.5) is 0 Å². The van der Waals surface area contributed by atoms with Crippen molar-refractivity contribution in [1.82, 2.24) is 14.5 Å². The van der Waals surface area contributed by atoms with Crippen LogP contribution in [0, 0.1) is 0 Å². The molecule has 0 saturated carbocycles. The Bertz CT molecular complexity index is 435. The molecule has 1 heterocycles. The largest absolute Gasteiger partial charge is 0.272 e. The number of nitrogens with one attached hydrogen (secondary N) is 1. The highest BCUT2D eigenvalue weighted by Gasteiger charge is 2.12. The highest BCUT2D eigenvalue weighted by molar-refractivity contribution is 7.89. The Hall–Kier alpha value is -1.37. The zero-order valence-corrected chi connectivity index (χ0v) is 8.71.